The zero-order valence-electron chi connectivity index (χ0n) is 17.4. The lowest BCUT2D eigenvalue weighted by molar-refractivity contribution is -0.137. The summed E-state index contributed by atoms with van der Waals surface area (Å²) in [4.78, 5) is 12.0. The van der Waals surface area contributed by atoms with E-state index in [0.717, 1.165) is 12.8 Å². The fraction of sp³-hybridized carbons (Fsp3) is 0.250. The molecule has 0 amide bonds. The normalized spacial score (nSPS) is 11.3. The second-order valence-corrected chi connectivity index (χ2v) is 6.78. The molecule has 0 aliphatic rings. The first-order chi connectivity index (χ1) is 15.0. The molecule has 0 atom stereocenters. The standard InChI is InChI=1S/C24H24F2N2O3/c1-3-4-16-31-21(29)15-14-20-22(24(25)26)27-28(18-10-12-19(30-2)13-11-18)23(20)17-8-6-5-7-9-17/h5-15,24H,3-4,16H2,1-2H3/b15-14+. The van der Waals surface area contributed by atoms with E-state index in [1.165, 1.54) is 16.8 Å². The third-order valence-electron chi connectivity index (χ3n) is 4.65. The first kappa shape index (κ1) is 22.2. The van der Waals surface area contributed by atoms with Crippen molar-refractivity contribution in [1.82, 2.24) is 9.78 Å². The molecule has 0 aliphatic carbocycles. The topological polar surface area (TPSA) is 53.3 Å². The summed E-state index contributed by atoms with van der Waals surface area (Å²) < 4.78 is 39.5. The Balaban J connectivity index is 2.11. The summed E-state index contributed by atoms with van der Waals surface area (Å²) in [5.74, 6) is 0.0612. The number of halogens is 2. The fourth-order valence-electron chi connectivity index (χ4n) is 3.07. The number of nitrogens with zero attached hydrogens (tertiary/aromatic N) is 2. The number of rotatable bonds is 9. The number of hydrogen-bond acceptors (Lipinski definition) is 4. The van der Waals surface area contributed by atoms with Crippen molar-refractivity contribution in [2.75, 3.05) is 13.7 Å². The molecule has 0 bridgehead atoms. The van der Waals surface area contributed by atoms with Crippen LogP contribution in [0.3, 0.4) is 0 Å². The smallest absolute Gasteiger partial charge is 0.330 e. The number of unbranched alkanes of at least 4 members (excludes halogenated alkanes) is 1. The molecule has 1 heterocycles. The summed E-state index contributed by atoms with van der Waals surface area (Å²) in [6.07, 6.45) is 1.33. The van der Waals surface area contributed by atoms with Crippen molar-refractivity contribution in [3.8, 4) is 22.7 Å². The lowest BCUT2D eigenvalue weighted by Crippen LogP contribution is -2.02. The van der Waals surface area contributed by atoms with Crippen LogP contribution in [0.4, 0.5) is 8.78 Å². The van der Waals surface area contributed by atoms with Crippen molar-refractivity contribution in [3.63, 3.8) is 0 Å². The van der Waals surface area contributed by atoms with Gasteiger partial charge in [-0.15, -0.1) is 0 Å². The minimum absolute atomic E-state index is 0.171. The number of carbonyl (C=O) groups excluding carboxylic acids is 1. The number of alkyl halides is 2. The van der Waals surface area contributed by atoms with Gasteiger partial charge in [-0.2, -0.15) is 5.10 Å². The number of aromatic nitrogens is 2. The van der Waals surface area contributed by atoms with Gasteiger partial charge < -0.3 is 9.47 Å². The Morgan fingerprint density at radius 3 is 2.45 bits per heavy atom. The van der Waals surface area contributed by atoms with Crippen LogP contribution in [0.15, 0.2) is 60.7 Å². The van der Waals surface area contributed by atoms with Gasteiger partial charge in [0.15, 0.2) is 0 Å². The van der Waals surface area contributed by atoms with E-state index in [2.05, 4.69) is 5.10 Å². The maximum Gasteiger partial charge on any atom is 0.330 e. The van der Waals surface area contributed by atoms with Crippen LogP contribution in [0, 0.1) is 0 Å². The highest BCUT2D eigenvalue weighted by molar-refractivity contribution is 5.89. The molecule has 0 spiro atoms. The van der Waals surface area contributed by atoms with Gasteiger partial charge in [-0.25, -0.2) is 18.3 Å². The molecule has 3 aromatic rings. The molecular weight excluding hydrogens is 402 g/mol. The lowest BCUT2D eigenvalue weighted by atomic mass is 10.0. The summed E-state index contributed by atoms with van der Waals surface area (Å²) in [5, 5.41) is 4.19. The van der Waals surface area contributed by atoms with Crippen LogP contribution in [-0.4, -0.2) is 29.5 Å². The molecule has 0 fully saturated rings. The second kappa shape index (κ2) is 10.5. The van der Waals surface area contributed by atoms with E-state index in [1.54, 1.807) is 31.4 Å². The third-order valence-corrected chi connectivity index (χ3v) is 4.65. The quantitative estimate of drug-likeness (QED) is 0.245. The van der Waals surface area contributed by atoms with Crippen LogP contribution in [0.25, 0.3) is 23.0 Å². The summed E-state index contributed by atoms with van der Waals surface area (Å²) >= 11 is 0. The maximum atomic E-state index is 13.9. The Kier molecular flexibility index (Phi) is 7.54. The monoisotopic (exact) mass is 426 g/mol. The van der Waals surface area contributed by atoms with Crippen molar-refractivity contribution in [3.05, 3.63) is 71.9 Å². The van der Waals surface area contributed by atoms with Crippen molar-refractivity contribution >= 4 is 12.0 Å². The first-order valence-corrected chi connectivity index (χ1v) is 10.0. The second-order valence-electron chi connectivity index (χ2n) is 6.78. The molecule has 7 heteroatoms. The van der Waals surface area contributed by atoms with Gasteiger partial charge in [0.1, 0.15) is 11.4 Å². The highest BCUT2D eigenvalue weighted by atomic mass is 19.3. The Morgan fingerprint density at radius 2 is 1.84 bits per heavy atom. The van der Waals surface area contributed by atoms with Crippen LogP contribution in [0.5, 0.6) is 5.75 Å². The van der Waals surface area contributed by atoms with E-state index in [9.17, 15) is 13.6 Å². The van der Waals surface area contributed by atoms with Gasteiger partial charge in [-0.1, -0.05) is 43.7 Å². The largest absolute Gasteiger partial charge is 0.497 e. The number of esters is 1. The van der Waals surface area contributed by atoms with Gasteiger partial charge in [0.2, 0.25) is 0 Å². The number of benzene rings is 2. The highest BCUT2D eigenvalue weighted by Gasteiger charge is 2.24. The minimum atomic E-state index is -2.82. The van der Waals surface area contributed by atoms with Crippen molar-refractivity contribution in [1.29, 1.82) is 0 Å². The van der Waals surface area contributed by atoms with E-state index in [1.807, 2.05) is 37.3 Å². The maximum absolute atomic E-state index is 13.9. The Hall–Kier alpha value is -3.48. The van der Waals surface area contributed by atoms with E-state index >= 15 is 0 Å². The SMILES string of the molecule is CCCCOC(=O)/C=C/c1c(C(F)F)nn(-c2ccc(OC)cc2)c1-c1ccccc1. The molecule has 162 valence electrons. The molecule has 1 aromatic heterocycles. The molecule has 0 unspecified atom stereocenters. The van der Waals surface area contributed by atoms with E-state index in [4.69, 9.17) is 9.47 Å². The molecule has 2 aromatic carbocycles. The molecule has 0 radical (unpaired) electrons. The van der Waals surface area contributed by atoms with Crippen LogP contribution in [0.1, 0.15) is 37.4 Å². The van der Waals surface area contributed by atoms with Gasteiger partial charge in [0.05, 0.1) is 25.1 Å². The van der Waals surface area contributed by atoms with Crippen LogP contribution in [0.2, 0.25) is 0 Å². The highest BCUT2D eigenvalue weighted by Crippen LogP contribution is 2.34. The van der Waals surface area contributed by atoms with E-state index in [-0.39, 0.29) is 12.2 Å². The average molecular weight is 426 g/mol. The van der Waals surface area contributed by atoms with Crippen molar-refractivity contribution < 1.29 is 23.0 Å². The van der Waals surface area contributed by atoms with Crippen molar-refractivity contribution in [2.24, 2.45) is 0 Å². The Bertz CT molecular complexity index is 1030. The number of methoxy groups -OCH3 is 1. The number of carbonyl (C=O) groups is 1. The van der Waals surface area contributed by atoms with Crippen LogP contribution in [-0.2, 0) is 9.53 Å². The molecule has 31 heavy (non-hydrogen) atoms. The van der Waals surface area contributed by atoms with Gasteiger partial charge in [0, 0.05) is 17.2 Å². The lowest BCUT2D eigenvalue weighted by Gasteiger charge is -2.10. The predicted molar refractivity (Wildman–Crippen MR) is 115 cm³/mol. The predicted octanol–water partition coefficient (Wildman–Crippen LogP) is 5.84. The average Bonchev–Trinajstić information content (AvgIpc) is 3.18. The molecule has 0 saturated heterocycles. The molecule has 3 rings (SSSR count). The third kappa shape index (κ3) is 5.36. The molecule has 0 N–H and O–H groups in total. The van der Waals surface area contributed by atoms with E-state index in [0.29, 0.717) is 22.7 Å². The molecule has 0 saturated carbocycles. The molecule has 0 aliphatic heterocycles. The van der Waals surface area contributed by atoms with Crippen LogP contribution >= 0.6 is 0 Å². The van der Waals surface area contributed by atoms with Crippen molar-refractivity contribution in [2.45, 2.75) is 26.2 Å². The minimum Gasteiger partial charge on any atom is -0.497 e. The van der Waals surface area contributed by atoms with Gasteiger partial charge in [-0.3, -0.25) is 0 Å². The van der Waals surface area contributed by atoms with Gasteiger partial charge in [0.25, 0.3) is 6.43 Å². The van der Waals surface area contributed by atoms with Crippen LogP contribution < -0.4 is 4.74 Å². The van der Waals surface area contributed by atoms with Gasteiger partial charge in [-0.05, 0) is 36.8 Å². The van der Waals surface area contributed by atoms with E-state index < -0.39 is 18.1 Å². The Labute approximate surface area is 179 Å². The number of ether oxygens (including phenoxy) is 2. The molecular formula is C24H24F2N2O3. The summed E-state index contributed by atoms with van der Waals surface area (Å²) in [5.41, 5.74) is 1.50. The fourth-order valence-corrected chi connectivity index (χ4v) is 3.07. The number of hydrogen-bond donors (Lipinski definition) is 0. The zero-order chi connectivity index (χ0) is 22.2. The zero-order valence-corrected chi connectivity index (χ0v) is 17.4. The van der Waals surface area contributed by atoms with Gasteiger partial charge >= 0.3 is 5.97 Å². The summed E-state index contributed by atoms with van der Waals surface area (Å²) in [7, 11) is 1.55. The molecule has 5 nitrogen and oxygen atoms in total. The summed E-state index contributed by atoms with van der Waals surface area (Å²) in [6.45, 7) is 2.27. The Morgan fingerprint density at radius 1 is 1.13 bits per heavy atom. The first-order valence-electron chi connectivity index (χ1n) is 10.0. The summed E-state index contributed by atoms with van der Waals surface area (Å²) in [6, 6.07) is 16.0.